The van der Waals surface area contributed by atoms with Crippen LogP contribution in [0.1, 0.15) is 35.4 Å². The Morgan fingerprint density at radius 2 is 2.21 bits per heavy atom. The maximum absolute atomic E-state index is 13.1. The highest BCUT2D eigenvalue weighted by Crippen LogP contribution is 2.25. The average Bonchev–Trinajstić information content (AvgIpc) is 3.25. The van der Waals surface area contributed by atoms with Crippen molar-refractivity contribution in [2.75, 3.05) is 23.7 Å². The van der Waals surface area contributed by atoms with E-state index in [2.05, 4.69) is 31.1 Å². The lowest BCUT2D eigenvalue weighted by Gasteiger charge is -2.24. The Kier molecular flexibility index (Phi) is 4.90. The van der Waals surface area contributed by atoms with Gasteiger partial charge in [0.15, 0.2) is 17.0 Å². The maximum Gasteiger partial charge on any atom is 0.284 e. The molecule has 0 aliphatic carbocycles. The van der Waals surface area contributed by atoms with E-state index in [4.69, 9.17) is 0 Å². The van der Waals surface area contributed by atoms with Crippen molar-refractivity contribution < 1.29 is 13.6 Å². The van der Waals surface area contributed by atoms with Crippen molar-refractivity contribution >= 4 is 23.1 Å². The summed E-state index contributed by atoms with van der Waals surface area (Å²) in [5.41, 5.74) is 0.104. The van der Waals surface area contributed by atoms with Crippen LogP contribution in [-0.2, 0) is 7.05 Å². The molecule has 1 amide bonds. The quantitative estimate of drug-likeness (QED) is 0.614. The molecule has 11 heteroatoms. The smallest absolute Gasteiger partial charge is 0.284 e. The largest absolute Gasteiger partial charge is 0.365 e. The van der Waals surface area contributed by atoms with Crippen LogP contribution in [0.4, 0.5) is 20.3 Å². The van der Waals surface area contributed by atoms with Crippen LogP contribution in [0, 0.1) is 0 Å². The molecule has 148 valence electrons. The molecule has 1 atom stereocenters. The van der Waals surface area contributed by atoms with E-state index in [1.54, 1.807) is 12.1 Å². The Balaban J connectivity index is 1.57. The maximum atomic E-state index is 13.1. The highest BCUT2D eigenvalue weighted by atomic mass is 19.3. The van der Waals surface area contributed by atoms with Crippen LogP contribution >= 0.6 is 0 Å². The van der Waals surface area contributed by atoms with Crippen LogP contribution in [0.3, 0.4) is 0 Å². The van der Waals surface area contributed by atoms with E-state index in [1.165, 1.54) is 28.6 Å². The minimum Gasteiger partial charge on any atom is -0.365 e. The molecular formula is C17H20F2N8O. The lowest BCUT2D eigenvalue weighted by molar-refractivity contribution is 0.101. The van der Waals surface area contributed by atoms with Gasteiger partial charge in [-0.15, -0.1) is 5.10 Å². The summed E-state index contributed by atoms with van der Waals surface area (Å²) in [5, 5.41) is 17.3. The van der Waals surface area contributed by atoms with Gasteiger partial charge < -0.3 is 16.0 Å². The Hall–Kier alpha value is -3.08. The molecule has 4 heterocycles. The van der Waals surface area contributed by atoms with Crippen molar-refractivity contribution in [3.05, 3.63) is 35.9 Å². The van der Waals surface area contributed by atoms with Gasteiger partial charge in [0.2, 0.25) is 0 Å². The summed E-state index contributed by atoms with van der Waals surface area (Å²) in [6, 6.07) is 3.80. The van der Waals surface area contributed by atoms with Crippen LogP contribution in [0.2, 0.25) is 0 Å². The summed E-state index contributed by atoms with van der Waals surface area (Å²) >= 11 is 0. The van der Waals surface area contributed by atoms with Crippen molar-refractivity contribution in [2.24, 2.45) is 7.05 Å². The van der Waals surface area contributed by atoms with Crippen LogP contribution in [0.25, 0.3) is 5.65 Å². The molecule has 9 nitrogen and oxygen atoms in total. The lowest BCUT2D eigenvalue weighted by atomic mass is 10.1. The first-order valence-corrected chi connectivity index (χ1v) is 8.96. The van der Waals surface area contributed by atoms with Gasteiger partial charge in [0.25, 0.3) is 12.3 Å². The molecule has 0 saturated carbocycles. The minimum absolute atomic E-state index is 0.0417. The number of halogens is 2. The summed E-state index contributed by atoms with van der Waals surface area (Å²) in [4.78, 5) is 16.8. The second kappa shape index (κ2) is 7.50. The number of piperidine rings is 1. The van der Waals surface area contributed by atoms with E-state index in [1.807, 2.05) is 0 Å². The summed E-state index contributed by atoms with van der Waals surface area (Å²) < 4.78 is 28.8. The molecule has 3 aromatic heterocycles. The van der Waals surface area contributed by atoms with Gasteiger partial charge in [-0.3, -0.25) is 9.48 Å². The van der Waals surface area contributed by atoms with Crippen LogP contribution in [0.5, 0.6) is 0 Å². The van der Waals surface area contributed by atoms with Crippen molar-refractivity contribution in [1.29, 1.82) is 0 Å². The van der Waals surface area contributed by atoms with E-state index in [0.717, 1.165) is 25.9 Å². The standard InChI is InChI=1S/C17H20F2N8O/c1-26-9-11(15(25-26)16(18)19)23-17(28)12-8-21-14-5-4-13(24-27(12)14)22-10-3-2-6-20-7-10/h4-5,8-10,16,20H,2-3,6-7H2,1H3,(H,22,24)(H,23,28)/t10-/m0/s1. The fourth-order valence-electron chi connectivity index (χ4n) is 3.24. The second-order valence-corrected chi connectivity index (χ2v) is 6.68. The fourth-order valence-corrected chi connectivity index (χ4v) is 3.24. The number of carbonyl (C=O) groups excluding carboxylic acids is 1. The monoisotopic (exact) mass is 390 g/mol. The van der Waals surface area contributed by atoms with E-state index in [9.17, 15) is 13.6 Å². The molecule has 0 radical (unpaired) electrons. The van der Waals surface area contributed by atoms with Gasteiger partial charge in [-0.2, -0.15) is 5.10 Å². The van der Waals surface area contributed by atoms with Crippen molar-refractivity contribution in [1.82, 2.24) is 29.7 Å². The molecule has 0 bridgehead atoms. The molecule has 0 unspecified atom stereocenters. The van der Waals surface area contributed by atoms with Gasteiger partial charge in [-0.05, 0) is 31.5 Å². The molecule has 3 aromatic rings. The number of imidazole rings is 1. The van der Waals surface area contributed by atoms with E-state index in [-0.39, 0.29) is 17.4 Å². The lowest BCUT2D eigenvalue weighted by Crippen LogP contribution is -2.38. The number of alkyl halides is 2. The number of anilines is 2. The first kappa shape index (κ1) is 18.3. The molecule has 4 rings (SSSR count). The molecule has 0 aromatic carbocycles. The SMILES string of the molecule is Cn1cc(NC(=O)c2cnc3ccc(N[C@H]4CCCNC4)nn23)c(C(F)F)n1. The number of nitrogens with one attached hydrogen (secondary N) is 3. The Bertz CT molecular complexity index is 992. The van der Waals surface area contributed by atoms with Crippen LogP contribution in [-0.4, -0.2) is 49.4 Å². The molecule has 1 aliphatic rings. The predicted octanol–water partition coefficient (Wildman–Crippen LogP) is 1.82. The Morgan fingerprint density at radius 1 is 1.36 bits per heavy atom. The van der Waals surface area contributed by atoms with Gasteiger partial charge >= 0.3 is 0 Å². The van der Waals surface area contributed by atoms with Crippen LogP contribution in [0.15, 0.2) is 24.5 Å². The first-order valence-electron chi connectivity index (χ1n) is 8.96. The highest BCUT2D eigenvalue weighted by molar-refractivity contribution is 6.03. The number of fused-ring (bicyclic) bond motifs is 1. The fraction of sp³-hybridized carbons (Fsp3) is 0.412. The minimum atomic E-state index is -2.79. The summed E-state index contributed by atoms with van der Waals surface area (Å²) in [7, 11) is 1.51. The Labute approximate surface area is 159 Å². The van der Waals surface area contributed by atoms with E-state index in [0.29, 0.717) is 11.5 Å². The number of nitrogens with zero attached hydrogens (tertiary/aromatic N) is 5. The van der Waals surface area contributed by atoms with Gasteiger partial charge in [0, 0.05) is 25.8 Å². The van der Waals surface area contributed by atoms with Crippen molar-refractivity contribution in [2.45, 2.75) is 25.3 Å². The molecule has 3 N–H and O–H groups in total. The van der Waals surface area contributed by atoms with Crippen LogP contribution < -0.4 is 16.0 Å². The Morgan fingerprint density at radius 3 is 2.96 bits per heavy atom. The second-order valence-electron chi connectivity index (χ2n) is 6.68. The number of hydrogen-bond acceptors (Lipinski definition) is 6. The number of aromatic nitrogens is 5. The molecule has 28 heavy (non-hydrogen) atoms. The summed E-state index contributed by atoms with van der Waals surface area (Å²) in [6.45, 7) is 1.85. The van der Waals surface area contributed by atoms with Crippen molar-refractivity contribution in [3.63, 3.8) is 0 Å². The summed E-state index contributed by atoms with van der Waals surface area (Å²) in [5.74, 6) is 0.0225. The third-order valence-corrected chi connectivity index (χ3v) is 4.56. The van der Waals surface area contributed by atoms with Gasteiger partial charge in [-0.1, -0.05) is 0 Å². The topological polar surface area (TPSA) is 101 Å². The molecule has 1 saturated heterocycles. The zero-order valence-corrected chi connectivity index (χ0v) is 15.2. The third kappa shape index (κ3) is 3.65. The summed E-state index contributed by atoms with van der Waals surface area (Å²) in [6.07, 6.45) is 2.01. The van der Waals surface area contributed by atoms with E-state index >= 15 is 0 Å². The van der Waals surface area contributed by atoms with Gasteiger partial charge in [0.1, 0.15) is 5.82 Å². The predicted molar refractivity (Wildman–Crippen MR) is 98.6 cm³/mol. The van der Waals surface area contributed by atoms with Gasteiger partial charge in [-0.25, -0.2) is 18.3 Å². The molecule has 0 spiro atoms. The average molecular weight is 390 g/mol. The molecule has 1 aliphatic heterocycles. The van der Waals surface area contributed by atoms with E-state index < -0.39 is 18.0 Å². The number of carbonyl (C=O) groups is 1. The molecule has 1 fully saturated rings. The first-order chi connectivity index (χ1) is 13.5. The number of amides is 1. The number of rotatable bonds is 5. The normalized spacial score (nSPS) is 17.2. The zero-order valence-electron chi connectivity index (χ0n) is 15.2. The highest BCUT2D eigenvalue weighted by Gasteiger charge is 2.22. The zero-order chi connectivity index (χ0) is 19.7. The van der Waals surface area contributed by atoms with Gasteiger partial charge in [0.05, 0.1) is 11.9 Å². The number of aryl methyl sites for hydroxylation is 1. The molecular weight excluding hydrogens is 370 g/mol. The van der Waals surface area contributed by atoms with Crippen molar-refractivity contribution in [3.8, 4) is 0 Å². The third-order valence-electron chi connectivity index (χ3n) is 4.56. The number of hydrogen-bond donors (Lipinski definition) is 3.